The molecule has 0 radical (unpaired) electrons. The van der Waals surface area contributed by atoms with Gasteiger partial charge in [0, 0.05) is 0 Å². The average molecular weight is 172 g/mol. The standard InChI is InChI=1S/C9H16O3/c1-5-7(10)6-8(11)12-9(2,3)4/h5,7,10H,1,6H2,2-4H3/t7-/m0/s1. The lowest BCUT2D eigenvalue weighted by atomic mass is 10.2. The number of aliphatic hydroxyl groups excluding tert-OH is 1. The summed E-state index contributed by atoms with van der Waals surface area (Å²) in [6.07, 6.45) is 0.477. The average Bonchev–Trinajstić information content (AvgIpc) is 1.82. The van der Waals surface area contributed by atoms with E-state index in [2.05, 4.69) is 6.58 Å². The number of ether oxygens (including phenoxy) is 1. The summed E-state index contributed by atoms with van der Waals surface area (Å²) in [6.45, 7) is 8.70. The van der Waals surface area contributed by atoms with E-state index in [-0.39, 0.29) is 6.42 Å². The van der Waals surface area contributed by atoms with Crippen LogP contribution in [0, 0.1) is 0 Å². The third kappa shape index (κ3) is 5.92. The molecule has 0 aromatic heterocycles. The second-order valence-electron chi connectivity index (χ2n) is 3.59. The van der Waals surface area contributed by atoms with Gasteiger partial charge >= 0.3 is 5.97 Å². The number of hydrogen-bond donors (Lipinski definition) is 1. The van der Waals surface area contributed by atoms with E-state index in [1.807, 2.05) is 0 Å². The third-order valence-electron chi connectivity index (χ3n) is 1.07. The van der Waals surface area contributed by atoms with Crippen LogP contribution in [-0.2, 0) is 9.53 Å². The molecule has 1 atom stereocenters. The van der Waals surface area contributed by atoms with Crippen molar-refractivity contribution in [3.05, 3.63) is 12.7 Å². The first-order chi connectivity index (χ1) is 5.35. The zero-order valence-corrected chi connectivity index (χ0v) is 7.83. The molecular weight excluding hydrogens is 156 g/mol. The lowest BCUT2D eigenvalue weighted by Crippen LogP contribution is -2.25. The predicted molar refractivity (Wildman–Crippen MR) is 46.7 cm³/mol. The molecule has 0 rings (SSSR count). The van der Waals surface area contributed by atoms with E-state index in [9.17, 15) is 4.79 Å². The van der Waals surface area contributed by atoms with Crippen molar-refractivity contribution >= 4 is 5.97 Å². The van der Waals surface area contributed by atoms with Crippen molar-refractivity contribution in [1.29, 1.82) is 0 Å². The van der Waals surface area contributed by atoms with Gasteiger partial charge in [0.25, 0.3) is 0 Å². The van der Waals surface area contributed by atoms with Crippen molar-refractivity contribution in [2.24, 2.45) is 0 Å². The maximum atomic E-state index is 11.0. The van der Waals surface area contributed by atoms with Gasteiger partial charge in [-0.05, 0) is 20.8 Å². The Hall–Kier alpha value is -0.830. The third-order valence-corrected chi connectivity index (χ3v) is 1.07. The number of esters is 1. The molecule has 0 heterocycles. The number of carbonyl (C=O) groups is 1. The molecule has 0 saturated heterocycles. The van der Waals surface area contributed by atoms with E-state index < -0.39 is 17.7 Å². The van der Waals surface area contributed by atoms with Crippen molar-refractivity contribution in [3.8, 4) is 0 Å². The van der Waals surface area contributed by atoms with Gasteiger partial charge in [-0.3, -0.25) is 4.79 Å². The number of carbonyl (C=O) groups excluding carboxylic acids is 1. The fraction of sp³-hybridized carbons (Fsp3) is 0.667. The fourth-order valence-corrected chi connectivity index (χ4v) is 0.637. The first-order valence-corrected chi connectivity index (χ1v) is 3.87. The van der Waals surface area contributed by atoms with Gasteiger partial charge in [0.1, 0.15) is 5.60 Å². The highest BCUT2D eigenvalue weighted by Crippen LogP contribution is 2.09. The molecule has 1 N–H and O–H groups in total. The highest BCUT2D eigenvalue weighted by Gasteiger charge is 2.17. The van der Waals surface area contributed by atoms with E-state index in [4.69, 9.17) is 9.84 Å². The zero-order valence-electron chi connectivity index (χ0n) is 7.83. The van der Waals surface area contributed by atoms with E-state index in [0.29, 0.717) is 0 Å². The molecule has 3 heteroatoms. The molecule has 12 heavy (non-hydrogen) atoms. The Kier molecular flexibility index (Phi) is 3.96. The smallest absolute Gasteiger partial charge is 0.309 e. The zero-order chi connectivity index (χ0) is 9.78. The van der Waals surface area contributed by atoms with Gasteiger partial charge in [-0.2, -0.15) is 0 Å². The Balaban J connectivity index is 3.82. The van der Waals surface area contributed by atoms with Gasteiger partial charge in [-0.1, -0.05) is 6.08 Å². The molecule has 70 valence electrons. The Morgan fingerprint density at radius 1 is 1.67 bits per heavy atom. The van der Waals surface area contributed by atoms with Crippen LogP contribution in [0.4, 0.5) is 0 Å². The van der Waals surface area contributed by atoms with Crippen molar-refractivity contribution in [1.82, 2.24) is 0 Å². The molecule has 0 bridgehead atoms. The summed E-state index contributed by atoms with van der Waals surface area (Å²) in [6, 6.07) is 0. The summed E-state index contributed by atoms with van der Waals surface area (Å²) in [5.41, 5.74) is -0.488. The summed E-state index contributed by atoms with van der Waals surface area (Å²) in [7, 11) is 0. The monoisotopic (exact) mass is 172 g/mol. The number of rotatable bonds is 3. The molecule has 0 aliphatic rings. The van der Waals surface area contributed by atoms with Gasteiger partial charge in [0.05, 0.1) is 12.5 Å². The molecule has 0 aliphatic heterocycles. The summed E-state index contributed by atoms with van der Waals surface area (Å²) < 4.78 is 4.96. The summed E-state index contributed by atoms with van der Waals surface area (Å²) in [5.74, 6) is -0.408. The normalized spacial score (nSPS) is 13.7. The SMILES string of the molecule is C=C[C@H](O)CC(=O)OC(C)(C)C. The van der Waals surface area contributed by atoms with E-state index in [0.717, 1.165) is 0 Å². The van der Waals surface area contributed by atoms with Crippen LogP contribution in [0.3, 0.4) is 0 Å². The van der Waals surface area contributed by atoms with Crippen LogP contribution in [0.5, 0.6) is 0 Å². The Morgan fingerprint density at radius 3 is 2.50 bits per heavy atom. The van der Waals surface area contributed by atoms with Crippen LogP contribution in [0.2, 0.25) is 0 Å². The predicted octanol–water partition coefficient (Wildman–Crippen LogP) is 1.27. The van der Waals surface area contributed by atoms with Gasteiger partial charge in [-0.25, -0.2) is 0 Å². The van der Waals surface area contributed by atoms with Gasteiger partial charge in [0.15, 0.2) is 0 Å². The van der Waals surface area contributed by atoms with Crippen molar-refractivity contribution in [3.63, 3.8) is 0 Å². The summed E-state index contributed by atoms with van der Waals surface area (Å²) in [5, 5.41) is 9.01. The van der Waals surface area contributed by atoms with Crippen LogP contribution < -0.4 is 0 Å². The Labute approximate surface area is 73.0 Å². The van der Waals surface area contributed by atoms with E-state index in [1.54, 1.807) is 20.8 Å². The van der Waals surface area contributed by atoms with Gasteiger partial charge in [-0.15, -0.1) is 6.58 Å². The van der Waals surface area contributed by atoms with E-state index >= 15 is 0 Å². The number of hydrogen-bond acceptors (Lipinski definition) is 3. The lowest BCUT2D eigenvalue weighted by molar-refractivity contribution is -0.156. The van der Waals surface area contributed by atoms with Crippen molar-refractivity contribution < 1.29 is 14.6 Å². The molecule has 0 aromatic rings. The lowest BCUT2D eigenvalue weighted by Gasteiger charge is -2.19. The molecule has 0 aromatic carbocycles. The molecular formula is C9H16O3. The van der Waals surface area contributed by atoms with Crippen LogP contribution >= 0.6 is 0 Å². The highest BCUT2D eigenvalue weighted by molar-refractivity contribution is 5.70. The highest BCUT2D eigenvalue weighted by atomic mass is 16.6. The largest absolute Gasteiger partial charge is 0.460 e. The van der Waals surface area contributed by atoms with Crippen molar-refractivity contribution in [2.75, 3.05) is 0 Å². The van der Waals surface area contributed by atoms with Crippen LogP contribution in [0.1, 0.15) is 27.2 Å². The van der Waals surface area contributed by atoms with Gasteiger partial charge < -0.3 is 9.84 Å². The topological polar surface area (TPSA) is 46.5 Å². The van der Waals surface area contributed by atoms with Crippen LogP contribution in [0.15, 0.2) is 12.7 Å². The Morgan fingerprint density at radius 2 is 2.17 bits per heavy atom. The van der Waals surface area contributed by atoms with Crippen molar-refractivity contribution in [2.45, 2.75) is 38.9 Å². The Bertz CT molecular complexity index is 167. The minimum Gasteiger partial charge on any atom is -0.460 e. The second-order valence-corrected chi connectivity index (χ2v) is 3.59. The molecule has 0 spiro atoms. The van der Waals surface area contributed by atoms with E-state index in [1.165, 1.54) is 6.08 Å². The minimum atomic E-state index is -0.806. The molecule has 0 unspecified atom stereocenters. The summed E-state index contributed by atoms with van der Waals surface area (Å²) >= 11 is 0. The minimum absolute atomic E-state index is 0.0270. The van der Waals surface area contributed by atoms with Crippen LogP contribution in [0.25, 0.3) is 0 Å². The maximum Gasteiger partial charge on any atom is 0.309 e. The molecule has 3 nitrogen and oxygen atoms in total. The molecule has 0 amide bonds. The fourth-order valence-electron chi connectivity index (χ4n) is 0.637. The quantitative estimate of drug-likeness (QED) is 0.515. The first kappa shape index (κ1) is 11.2. The van der Waals surface area contributed by atoms with Gasteiger partial charge in [0.2, 0.25) is 0 Å². The summed E-state index contributed by atoms with van der Waals surface area (Å²) in [4.78, 5) is 11.0. The first-order valence-electron chi connectivity index (χ1n) is 3.87. The maximum absolute atomic E-state index is 11.0. The molecule has 0 aliphatic carbocycles. The number of aliphatic hydroxyl groups is 1. The second kappa shape index (κ2) is 4.26. The molecule has 0 fully saturated rings. The molecule has 0 saturated carbocycles. The van der Waals surface area contributed by atoms with Crippen LogP contribution in [-0.4, -0.2) is 22.8 Å².